The molecule has 3 rings (SSSR count). The molecule has 1 aliphatic rings. The maximum Gasteiger partial charge on any atom is 0.516 e. The van der Waals surface area contributed by atoms with Gasteiger partial charge in [-0.15, -0.1) is 0 Å². The van der Waals surface area contributed by atoms with Crippen LogP contribution in [-0.4, -0.2) is 31.8 Å². The Balaban J connectivity index is 1.65. The van der Waals surface area contributed by atoms with E-state index in [0.29, 0.717) is 12.3 Å². The second-order valence-electron chi connectivity index (χ2n) is 7.18. The maximum absolute atomic E-state index is 12.1. The van der Waals surface area contributed by atoms with Gasteiger partial charge in [-0.3, -0.25) is 0 Å². The first kappa shape index (κ1) is 19.1. The number of hydrogen-bond acceptors (Lipinski definition) is 5. The zero-order chi connectivity index (χ0) is 19.4. The molecule has 142 valence electrons. The summed E-state index contributed by atoms with van der Waals surface area (Å²) in [5, 5.41) is 2.88. The minimum Gasteiger partial charge on any atom is -0.433 e. The molecule has 0 fully saturated rings. The first-order chi connectivity index (χ1) is 13.0. The van der Waals surface area contributed by atoms with Crippen molar-refractivity contribution in [3.05, 3.63) is 59.7 Å². The zero-order valence-electron chi connectivity index (χ0n) is 15.9. The van der Waals surface area contributed by atoms with Crippen LogP contribution in [0.4, 0.5) is 4.79 Å². The van der Waals surface area contributed by atoms with Gasteiger partial charge < -0.3 is 14.8 Å². The Hall–Kier alpha value is -2.66. The van der Waals surface area contributed by atoms with Crippen molar-refractivity contribution >= 4 is 12.1 Å². The van der Waals surface area contributed by atoms with Crippen molar-refractivity contribution in [2.45, 2.75) is 32.2 Å². The van der Waals surface area contributed by atoms with E-state index in [1.54, 1.807) is 7.05 Å². The normalized spacial score (nSPS) is 13.8. The van der Waals surface area contributed by atoms with Gasteiger partial charge in [0.15, 0.2) is 0 Å². The molecule has 0 saturated heterocycles. The van der Waals surface area contributed by atoms with E-state index in [1.165, 1.54) is 0 Å². The number of fused-ring (bicyclic) bond motifs is 3. The fourth-order valence-corrected chi connectivity index (χ4v) is 3.58. The van der Waals surface area contributed by atoms with Gasteiger partial charge in [0.05, 0.1) is 0 Å². The number of rotatable bonds is 6. The zero-order valence-corrected chi connectivity index (χ0v) is 15.9. The van der Waals surface area contributed by atoms with E-state index in [-0.39, 0.29) is 12.5 Å². The molecule has 27 heavy (non-hydrogen) atoms. The minimum absolute atomic E-state index is 0.0594. The summed E-state index contributed by atoms with van der Waals surface area (Å²) in [6.07, 6.45) is -0.364. The summed E-state index contributed by atoms with van der Waals surface area (Å²) in [6.45, 7) is 4.14. The monoisotopic (exact) mass is 367 g/mol. The average molecular weight is 367 g/mol. The molecule has 5 heteroatoms. The van der Waals surface area contributed by atoms with E-state index in [4.69, 9.17) is 9.47 Å². The third kappa shape index (κ3) is 4.19. The lowest BCUT2D eigenvalue weighted by molar-refractivity contribution is -0.142. The van der Waals surface area contributed by atoms with Crippen molar-refractivity contribution in [1.29, 1.82) is 0 Å². The number of hydrogen-bond donors (Lipinski definition) is 1. The number of ether oxygens (including phenoxy) is 2. The van der Waals surface area contributed by atoms with Gasteiger partial charge in [0.1, 0.15) is 12.6 Å². The molecule has 0 aromatic heterocycles. The third-order valence-corrected chi connectivity index (χ3v) is 4.85. The molecule has 0 bridgehead atoms. The van der Waals surface area contributed by atoms with Crippen LogP contribution in [0.5, 0.6) is 0 Å². The van der Waals surface area contributed by atoms with Crippen LogP contribution in [0.15, 0.2) is 48.5 Å². The molecular weight excluding hydrogens is 342 g/mol. The molecule has 5 nitrogen and oxygen atoms in total. The summed E-state index contributed by atoms with van der Waals surface area (Å²) in [4.78, 5) is 24.2. The molecule has 2 aromatic rings. The fourth-order valence-electron chi connectivity index (χ4n) is 3.58. The van der Waals surface area contributed by atoms with E-state index in [9.17, 15) is 9.59 Å². The lowest BCUT2D eigenvalue weighted by Crippen LogP contribution is -2.38. The average Bonchev–Trinajstić information content (AvgIpc) is 2.98. The Morgan fingerprint density at radius 3 is 2.07 bits per heavy atom. The number of likely N-dealkylation sites (N-methyl/N-ethyl adjacent to an activating group) is 1. The first-order valence-electron chi connectivity index (χ1n) is 9.25. The van der Waals surface area contributed by atoms with Crippen molar-refractivity contribution in [2.75, 3.05) is 13.7 Å². The van der Waals surface area contributed by atoms with Gasteiger partial charge in [0, 0.05) is 5.92 Å². The molecule has 2 aromatic carbocycles. The van der Waals surface area contributed by atoms with Crippen LogP contribution < -0.4 is 5.32 Å². The number of benzene rings is 2. The highest BCUT2D eigenvalue weighted by Crippen LogP contribution is 2.44. The van der Waals surface area contributed by atoms with Crippen LogP contribution in [0.3, 0.4) is 0 Å². The van der Waals surface area contributed by atoms with Crippen LogP contribution in [-0.2, 0) is 14.3 Å². The summed E-state index contributed by atoms with van der Waals surface area (Å²) < 4.78 is 10.2. The Morgan fingerprint density at radius 1 is 1.00 bits per heavy atom. The standard InChI is InChI=1S/C22H25NO4/c1-14(2)12-20(23-3)21(24)27-22(25)26-13-19-17-10-6-4-8-15(17)16-9-5-7-11-18(16)19/h4-11,14,19-20,23H,12-13H2,1-3H3/t20-/m0/s1. The number of nitrogens with one attached hydrogen (secondary N) is 1. The van der Waals surface area contributed by atoms with Gasteiger partial charge in [-0.1, -0.05) is 62.4 Å². The number of carbonyl (C=O) groups is 2. The predicted octanol–water partition coefficient (Wildman–Crippen LogP) is 4.11. The summed E-state index contributed by atoms with van der Waals surface area (Å²) in [7, 11) is 1.67. The predicted molar refractivity (Wildman–Crippen MR) is 103 cm³/mol. The van der Waals surface area contributed by atoms with Gasteiger partial charge >= 0.3 is 12.1 Å². The molecule has 0 heterocycles. The minimum atomic E-state index is -0.953. The molecule has 1 aliphatic carbocycles. The quantitative estimate of drug-likeness (QED) is 0.615. The molecular formula is C22H25NO4. The molecule has 0 radical (unpaired) electrons. The van der Waals surface area contributed by atoms with E-state index in [0.717, 1.165) is 22.3 Å². The molecule has 0 spiro atoms. The smallest absolute Gasteiger partial charge is 0.433 e. The number of carbonyl (C=O) groups excluding carboxylic acids is 2. The molecule has 0 unspecified atom stereocenters. The van der Waals surface area contributed by atoms with E-state index >= 15 is 0 Å². The Labute approximate surface area is 159 Å². The first-order valence-corrected chi connectivity index (χ1v) is 9.25. The molecule has 0 amide bonds. The van der Waals surface area contributed by atoms with Crippen LogP contribution in [0.25, 0.3) is 11.1 Å². The Bertz CT molecular complexity index is 785. The molecule has 0 saturated carbocycles. The highest BCUT2D eigenvalue weighted by atomic mass is 16.7. The second kappa shape index (κ2) is 8.35. The van der Waals surface area contributed by atoms with Crippen molar-refractivity contribution in [3.8, 4) is 11.1 Å². The number of esters is 1. The third-order valence-electron chi connectivity index (χ3n) is 4.85. The SMILES string of the molecule is CN[C@@H](CC(C)C)C(=O)OC(=O)OCC1c2ccccc2-c2ccccc21. The molecule has 0 aliphatic heterocycles. The summed E-state index contributed by atoms with van der Waals surface area (Å²) in [5.74, 6) is -0.364. The Kier molecular flexibility index (Phi) is 5.91. The highest BCUT2D eigenvalue weighted by Gasteiger charge is 2.30. The van der Waals surface area contributed by atoms with Crippen LogP contribution in [0.2, 0.25) is 0 Å². The van der Waals surface area contributed by atoms with Crippen molar-refractivity contribution in [1.82, 2.24) is 5.32 Å². The van der Waals surface area contributed by atoms with Gasteiger partial charge in [-0.25, -0.2) is 9.59 Å². The largest absolute Gasteiger partial charge is 0.516 e. The van der Waals surface area contributed by atoms with Crippen molar-refractivity contribution in [2.24, 2.45) is 5.92 Å². The van der Waals surface area contributed by atoms with E-state index in [2.05, 4.69) is 17.4 Å². The van der Waals surface area contributed by atoms with Crippen LogP contribution in [0.1, 0.15) is 37.3 Å². The van der Waals surface area contributed by atoms with Crippen molar-refractivity contribution < 1.29 is 19.1 Å². The van der Waals surface area contributed by atoms with Crippen LogP contribution >= 0.6 is 0 Å². The summed E-state index contributed by atoms with van der Waals surface area (Å²) in [6, 6.07) is 15.6. The van der Waals surface area contributed by atoms with E-state index in [1.807, 2.05) is 50.2 Å². The van der Waals surface area contributed by atoms with Gasteiger partial charge in [0.25, 0.3) is 0 Å². The highest BCUT2D eigenvalue weighted by molar-refractivity contribution is 5.85. The van der Waals surface area contributed by atoms with Gasteiger partial charge in [-0.2, -0.15) is 0 Å². The van der Waals surface area contributed by atoms with Crippen LogP contribution in [0, 0.1) is 5.92 Å². The van der Waals surface area contributed by atoms with Gasteiger partial charge in [0.2, 0.25) is 0 Å². The summed E-state index contributed by atoms with van der Waals surface area (Å²) in [5.41, 5.74) is 4.54. The van der Waals surface area contributed by atoms with Gasteiger partial charge in [-0.05, 0) is 41.6 Å². The second-order valence-corrected chi connectivity index (χ2v) is 7.18. The Morgan fingerprint density at radius 2 is 1.56 bits per heavy atom. The molecule has 1 N–H and O–H groups in total. The maximum atomic E-state index is 12.1. The topological polar surface area (TPSA) is 64.6 Å². The summed E-state index contributed by atoms with van der Waals surface area (Å²) >= 11 is 0. The van der Waals surface area contributed by atoms with Crippen molar-refractivity contribution in [3.63, 3.8) is 0 Å². The van der Waals surface area contributed by atoms with E-state index < -0.39 is 18.2 Å². The lowest BCUT2D eigenvalue weighted by Gasteiger charge is -2.17. The molecule has 1 atom stereocenters. The fraction of sp³-hybridized carbons (Fsp3) is 0.364. The lowest BCUT2D eigenvalue weighted by atomic mass is 9.98.